The Morgan fingerprint density at radius 2 is 1.96 bits per heavy atom. The quantitative estimate of drug-likeness (QED) is 0.797. The molecule has 0 aliphatic rings. The first-order valence-electron chi connectivity index (χ1n) is 8.88. The molecular formula is C20H29N3O2. The molecule has 1 aromatic carbocycles. The second-order valence-corrected chi connectivity index (χ2v) is 7.00. The van der Waals surface area contributed by atoms with Gasteiger partial charge in [0.15, 0.2) is 11.7 Å². The molecule has 1 heterocycles. The first-order chi connectivity index (χ1) is 11.9. The van der Waals surface area contributed by atoms with E-state index in [9.17, 15) is 4.79 Å². The highest BCUT2D eigenvalue weighted by Gasteiger charge is 2.14. The average molecular weight is 343 g/mol. The standard InChI is InChI=1S/C20H29N3O2/c1-14(2)17(21)11-12-23(4)20(24)10-9-19-22-13-18(25-19)16-7-5-15(3)6-8-16/h5-8,13-14,17H,9-12,21H2,1-4H3. The Morgan fingerprint density at radius 3 is 2.60 bits per heavy atom. The van der Waals surface area contributed by atoms with Crippen LogP contribution in [0.1, 0.15) is 38.1 Å². The van der Waals surface area contributed by atoms with Gasteiger partial charge in [-0.3, -0.25) is 4.79 Å². The average Bonchev–Trinajstić information content (AvgIpc) is 3.06. The first kappa shape index (κ1) is 19.2. The molecule has 0 radical (unpaired) electrons. The SMILES string of the molecule is Cc1ccc(-c2cnc(CCC(=O)N(C)CCC(N)C(C)C)o2)cc1. The summed E-state index contributed by atoms with van der Waals surface area (Å²) in [5.41, 5.74) is 8.23. The molecule has 5 nitrogen and oxygen atoms in total. The number of nitrogens with two attached hydrogens (primary N) is 1. The van der Waals surface area contributed by atoms with Crippen LogP contribution in [0, 0.1) is 12.8 Å². The molecule has 25 heavy (non-hydrogen) atoms. The van der Waals surface area contributed by atoms with Gasteiger partial charge in [0.2, 0.25) is 5.91 Å². The van der Waals surface area contributed by atoms with Gasteiger partial charge in [0.1, 0.15) is 0 Å². The number of amides is 1. The number of aryl methyl sites for hydroxylation is 2. The van der Waals surface area contributed by atoms with Gasteiger partial charge in [-0.1, -0.05) is 43.7 Å². The van der Waals surface area contributed by atoms with E-state index in [0.717, 1.165) is 17.7 Å². The molecule has 1 aromatic heterocycles. The van der Waals surface area contributed by atoms with E-state index >= 15 is 0 Å². The van der Waals surface area contributed by atoms with E-state index in [-0.39, 0.29) is 11.9 Å². The normalized spacial score (nSPS) is 12.4. The zero-order valence-electron chi connectivity index (χ0n) is 15.7. The summed E-state index contributed by atoms with van der Waals surface area (Å²) >= 11 is 0. The number of carbonyl (C=O) groups excluding carboxylic acids is 1. The molecule has 2 N–H and O–H groups in total. The Balaban J connectivity index is 1.83. The Morgan fingerprint density at radius 1 is 1.28 bits per heavy atom. The van der Waals surface area contributed by atoms with Crippen molar-refractivity contribution in [1.29, 1.82) is 0 Å². The maximum Gasteiger partial charge on any atom is 0.222 e. The van der Waals surface area contributed by atoms with Crippen molar-refractivity contribution in [1.82, 2.24) is 9.88 Å². The highest BCUT2D eigenvalue weighted by atomic mass is 16.4. The van der Waals surface area contributed by atoms with Gasteiger partial charge < -0.3 is 15.1 Å². The van der Waals surface area contributed by atoms with E-state index in [1.54, 1.807) is 11.1 Å². The summed E-state index contributed by atoms with van der Waals surface area (Å²) in [5.74, 6) is 1.84. The number of hydrogen-bond donors (Lipinski definition) is 1. The molecule has 0 saturated carbocycles. The summed E-state index contributed by atoms with van der Waals surface area (Å²) in [5, 5.41) is 0. The molecule has 0 spiro atoms. The molecular weight excluding hydrogens is 314 g/mol. The Hall–Kier alpha value is -2.14. The van der Waals surface area contributed by atoms with Gasteiger partial charge in [-0.05, 0) is 19.3 Å². The van der Waals surface area contributed by atoms with Crippen molar-refractivity contribution >= 4 is 5.91 Å². The second kappa shape index (κ2) is 8.81. The number of aromatic nitrogens is 1. The lowest BCUT2D eigenvalue weighted by molar-refractivity contribution is -0.130. The monoisotopic (exact) mass is 343 g/mol. The van der Waals surface area contributed by atoms with Gasteiger partial charge in [-0.2, -0.15) is 0 Å². The number of benzene rings is 1. The Kier molecular flexibility index (Phi) is 6.76. The van der Waals surface area contributed by atoms with E-state index in [1.165, 1.54) is 5.56 Å². The van der Waals surface area contributed by atoms with E-state index < -0.39 is 0 Å². The maximum atomic E-state index is 12.2. The summed E-state index contributed by atoms with van der Waals surface area (Å²) in [4.78, 5) is 18.3. The van der Waals surface area contributed by atoms with Crippen molar-refractivity contribution < 1.29 is 9.21 Å². The lowest BCUT2D eigenvalue weighted by Gasteiger charge is -2.21. The molecule has 0 aliphatic carbocycles. The van der Waals surface area contributed by atoms with Crippen LogP contribution in [-0.4, -0.2) is 35.4 Å². The van der Waals surface area contributed by atoms with Gasteiger partial charge >= 0.3 is 0 Å². The van der Waals surface area contributed by atoms with Crippen LogP contribution in [0.5, 0.6) is 0 Å². The topological polar surface area (TPSA) is 72.4 Å². The third-order valence-electron chi connectivity index (χ3n) is 4.52. The summed E-state index contributed by atoms with van der Waals surface area (Å²) in [6.07, 6.45) is 3.43. The van der Waals surface area contributed by atoms with Crippen molar-refractivity contribution in [3.05, 3.63) is 41.9 Å². The van der Waals surface area contributed by atoms with Crippen LogP contribution in [0.25, 0.3) is 11.3 Å². The Bertz CT molecular complexity index is 677. The van der Waals surface area contributed by atoms with Crippen molar-refractivity contribution in [3.8, 4) is 11.3 Å². The fraction of sp³-hybridized carbons (Fsp3) is 0.500. The molecule has 136 valence electrons. The van der Waals surface area contributed by atoms with E-state index in [0.29, 0.717) is 31.2 Å². The smallest absolute Gasteiger partial charge is 0.222 e. The number of nitrogens with zero attached hydrogens (tertiary/aromatic N) is 2. The minimum absolute atomic E-state index is 0.0889. The van der Waals surface area contributed by atoms with Crippen molar-refractivity contribution in [3.63, 3.8) is 0 Å². The Labute approximate surface area is 150 Å². The van der Waals surface area contributed by atoms with Crippen LogP contribution < -0.4 is 5.73 Å². The zero-order valence-corrected chi connectivity index (χ0v) is 15.7. The van der Waals surface area contributed by atoms with Crippen LogP contribution >= 0.6 is 0 Å². The summed E-state index contributed by atoms with van der Waals surface area (Å²) in [7, 11) is 1.82. The minimum Gasteiger partial charge on any atom is -0.441 e. The fourth-order valence-corrected chi connectivity index (χ4v) is 2.48. The minimum atomic E-state index is 0.0889. The summed E-state index contributed by atoms with van der Waals surface area (Å²) in [6.45, 7) is 6.92. The summed E-state index contributed by atoms with van der Waals surface area (Å²) < 4.78 is 5.77. The van der Waals surface area contributed by atoms with Gasteiger partial charge in [-0.25, -0.2) is 4.98 Å². The lowest BCUT2D eigenvalue weighted by Crippen LogP contribution is -2.34. The first-order valence-corrected chi connectivity index (χ1v) is 8.88. The largest absolute Gasteiger partial charge is 0.441 e. The number of oxazole rings is 1. The fourth-order valence-electron chi connectivity index (χ4n) is 2.48. The highest BCUT2D eigenvalue weighted by molar-refractivity contribution is 5.76. The third-order valence-corrected chi connectivity index (χ3v) is 4.52. The third kappa shape index (κ3) is 5.71. The highest BCUT2D eigenvalue weighted by Crippen LogP contribution is 2.21. The zero-order chi connectivity index (χ0) is 18.4. The van der Waals surface area contributed by atoms with Crippen molar-refractivity contribution in [2.45, 2.75) is 46.1 Å². The van der Waals surface area contributed by atoms with Crippen molar-refractivity contribution in [2.75, 3.05) is 13.6 Å². The van der Waals surface area contributed by atoms with Gasteiger partial charge in [0, 0.05) is 38.0 Å². The summed E-state index contributed by atoms with van der Waals surface area (Å²) in [6, 6.07) is 8.22. The van der Waals surface area contributed by atoms with Gasteiger partial charge in [0.05, 0.1) is 6.20 Å². The van der Waals surface area contributed by atoms with Crippen LogP contribution in [0.15, 0.2) is 34.9 Å². The molecule has 1 unspecified atom stereocenters. The van der Waals surface area contributed by atoms with Crippen LogP contribution in [-0.2, 0) is 11.2 Å². The van der Waals surface area contributed by atoms with E-state index in [2.05, 4.69) is 18.8 Å². The predicted octanol–water partition coefficient (Wildman–Crippen LogP) is 3.41. The number of carbonyl (C=O) groups is 1. The molecule has 5 heteroatoms. The lowest BCUT2D eigenvalue weighted by atomic mass is 10.0. The predicted molar refractivity (Wildman–Crippen MR) is 100 cm³/mol. The molecule has 0 aliphatic heterocycles. The maximum absolute atomic E-state index is 12.2. The second-order valence-electron chi connectivity index (χ2n) is 7.00. The molecule has 2 aromatic rings. The van der Waals surface area contributed by atoms with Crippen LogP contribution in [0.3, 0.4) is 0 Å². The van der Waals surface area contributed by atoms with Gasteiger partial charge in [0.25, 0.3) is 0 Å². The molecule has 0 bridgehead atoms. The molecule has 0 fully saturated rings. The molecule has 0 saturated heterocycles. The van der Waals surface area contributed by atoms with Crippen LogP contribution in [0.2, 0.25) is 0 Å². The number of hydrogen-bond acceptors (Lipinski definition) is 4. The van der Waals surface area contributed by atoms with E-state index in [1.807, 2.05) is 38.2 Å². The van der Waals surface area contributed by atoms with Crippen LogP contribution in [0.4, 0.5) is 0 Å². The van der Waals surface area contributed by atoms with E-state index in [4.69, 9.17) is 10.2 Å². The molecule has 1 amide bonds. The number of rotatable bonds is 8. The van der Waals surface area contributed by atoms with Gasteiger partial charge in [-0.15, -0.1) is 0 Å². The molecule has 1 atom stereocenters. The molecule has 2 rings (SSSR count). The van der Waals surface area contributed by atoms with Crippen molar-refractivity contribution in [2.24, 2.45) is 11.7 Å².